The van der Waals surface area contributed by atoms with Crippen LogP contribution >= 0.6 is 12.2 Å². The van der Waals surface area contributed by atoms with Gasteiger partial charge >= 0.3 is 6.18 Å². The molecule has 1 aromatic heterocycles. The standard InChI is InChI=1S/C6H3F5N2S/c7-4(8)2-1-3(14)13-5(12-2)6(9,10)11/h1,4H,(H,12,13,14). The molecule has 0 saturated heterocycles. The van der Waals surface area contributed by atoms with Crippen LogP contribution in [0.15, 0.2) is 6.07 Å². The molecule has 1 aromatic rings. The van der Waals surface area contributed by atoms with Gasteiger partial charge in [0.1, 0.15) is 4.64 Å². The topological polar surface area (TPSA) is 28.7 Å². The van der Waals surface area contributed by atoms with E-state index in [1.807, 2.05) is 0 Å². The number of rotatable bonds is 1. The summed E-state index contributed by atoms with van der Waals surface area (Å²) in [6.07, 6.45) is -7.85. The van der Waals surface area contributed by atoms with Crippen molar-refractivity contribution in [2.45, 2.75) is 12.6 Å². The molecule has 1 rings (SSSR count). The molecular weight excluding hydrogens is 227 g/mol. The van der Waals surface area contributed by atoms with Crippen LogP contribution in [-0.4, -0.2) is 9.97 Å². The molecule has 0 saturated carbocycles. The molecule has 0 fully saturated rings. The summed E-state index contributed by atoms with van der Waals surface area (Å²) in [5, 5.41) is 0. The average molecular weight is 230 g/mol. The fourth-order valence-electron chi connectivity index (χ4n) is 0.728. The molecule has 0 bridgehead atoms. The second-order valence-corrected chi connectivity index (χ2v) is 2.74. The lowest BCUT2D eigenvalue weighted by atomic mass is 10.4. The van der Waals surface area contributed by atoms with Crippen molar-refractivity contribution in [3.8, 4) is 0 Å². The fourth-order valence-corrected chi connectivity index (χ4v) is 0.946. The second-order valence-electron chi connectivity index (χ2n) is 2.32. The highest BCUT2D eigenvalue weighted by atomic mass is 32.1. The van der Waals surface area contributed by atoms with Crippen molar-refractivity contribution < 1.29 is 22.0 Å². The van der Waals surface area contributed by atoms with Gasteiger partial charge < -0.3 is 4.98 Å². The van der Waals surface area contributed by atoms with Crippen LogP contribution in [0.25, 0.3) is 0 Å². The number of aromatic nitrogens is 2. The van der Waals surface area contributed by atoms with Crippen LogP contribution in [0.3, 0.4) is 0 Å². The molecule has 0 aromatic carbocycles. The molecule has 0 spiro atoms. The number of aromatic amines is 1. The van der Waals surface area contributed by atoms with E-state index in [1.165, 1.54) is 4.98 Å². The smallest absolute Gasteiger partial charge is 0.335 e. The van der Waals surface area contributed by atoms with Crippen LogP contribution in [0, 0.1) is 4.64 Å². The lowest BCUT2D eigenvalue weighted by molar-refractivity contribution is -0.145. The maximum atomic E-state index is 12.0. The van der Waals surface area contributed by atoms with E-state index in [-0.39, 0.29) is 0 Å². The highest BCUT2D eigenvalue weighted by Crippen LogP contribution is 2.27. The van der Waals surface area contributed by atoms with Crippen molar-refractivity contribution >= 4 is 12.2 Å². The van der Waals surface area contributed by atoms with Crippen molar-refractivity contribution in [3.05, 3.63) is 22.2 Å². The summed E-state index contributed by atoms with van der Waals surface area (Å²) in [7, 11) is 0. The zero-order valence-electron chi connectivity index (χ0n) is 6.40. The lowest BCUT2D eigenvalue weighted by Crippen LogP contribution is -2.12. The molecule has 1 N–H and O–H groups in total. The van der Waals surface area contributed by atoms with Gasteiger partial charge in [-0.15, -0.1) is 0 Å². The van der Waals surface area contributed by atoms with E-state index in [9.17, 15) is 22.0 Å². The van der Waals surface area contributed by atoms with Crippen LogP contribution in [-0.2, 0) is 6.18 Å². The summed E-state index contributed by atoms with van der Waals surface area (Å²) >= 11 is 4.31. The third-order valence-corrected chi connectivity index (χ3v) is 1.48. The van der Waals surface area contributed by atoms with Gasteiger partial charge in [0.05, 0.1) is 5.69 Å². The van der Waals surface area contributed by atoms with Gasteiger partial charge in [0.2, 0.25) is 5.82 Å². The molecule has 0 unspecified atom stereocenters. The maximum absolute atomic E-state index is 12.0. The molecule has 0 amide bonds. The zero-order valence-corrected chi connectivity index (χ0v) is 7.22. The second kappa shape index (κ2) is 3.60. The third kappa shape index (κ3) is 2.47. The summed E-state index contributed by atoms with van der Waals surface area (Å²) in [6.45, 7) is 0. The molecule has 0 atom stereocenters. The predicted molar refractivity (Wildman–Crippen MR) is 39.4 cm³/mol. The van der Waals surface area contributed by atoms with Gasteiger partial charge in [-0.1, -0.05) is 12.2 Å². The average Bonchev–Trinajstić information content (AvgIpc) is 2.01. The molecule has 0 aliphatic carbocycles. The normalized spacial score (nSPS) is 12.1. The molecule has 0 aliphatic rings. The lowest BCUT2D eigenvalue weighted by Gasteiger charge is -2.07. The van der Waals surface area contributed by atoms with Crippen LogP contribution in [0.1, 0.15) is 17.9 Å². The molecule has 0 radical (unpaired) electrons. The largest absolute Gasteiger partial charge is 0.449 e. The van der Waals surface area contributed by atoms with Crippen molar-refractivity contribution in [1.29, 1.82) is 0 Å². The predicted octanol–water partition coefficient (Wildman–Crippen LogP) is 3.10. The van der Waals surface area contributed by atoms with Crippen molar-refractivity contribution in [3.63, 3.8) is 0 Å². The Balaban J connectivity index is 3.28. The van der Waals surface area contributed by atoms with Gasteiger partial charge in [-0.2, -0.15) is 13.2 Å². The van der Waals surface area contributed by atoms with Gasteiger partial charge in [-0.3, -0.25) is 0 Å². The maximum Gasteiger partial charge on any atom is 0.449 e. The van der Waals surface area contributed by atoms with E-state index in [1.54, 1.807) is 0 Å². The van der Waals surface area contributed by atoms with Gasteiger partial charge in [-0.05, 0) is 0 Å². The summed E-state index contributed by atoms with van der Waals surface area (Å²) in [6, 6.07) is 0.690. The summed E-state index contributed by atoms with van der Waals surface area (Å²) in [5.41, 5.74) is -0.891. The Morgan fingerprint density at radius 3 is 2.36 bits per heavy atom. The first-order chi connectivity index (χ1) is 6.30. The van der Waals surface area contributed by atoms with E-state index in [0.717, 1.165) is 0 Å². The Kier molecular flexibility index (Phi) is 2.84. The molecule has 2 nitrogen and oxygen atoms in total. The first-order valence-corrected chi connectivity index (χ1v) is 3.68. The van der Waals surface area contributed by atoms with Gasteiger partial charge in [0, 0.05) is 6.07 Å². The van der Waals surface area contributed by atoms with Crippen molar-refractivity contribution in [1.82, 2.24) is 9.97 Å². The Labute approximate surface area is 79.8 Å². The zero-order chi connectivity index (χ0) is 10.9. The Bertz CT molecular complexity index is 383. The van der Waals surface area contributed by atoms with E-state index in [2.05, 4.69) is 17.2 Å². The fraction of sp³-hybridized carbons (Fsp3) is 0.333. The molecule has 8 heteroatoms. The Hall–Kier alpha value is -1.05. The SMILES string of the molecule is FC(F)c1cc(=S)nc(C(F)(F)F)[nH]1. The van der Waals surface area contributed by atoms with Gasteiger partial charge in [-0.25, -0.2) is 13.8 Å². The number of H-pyrrole nitrogens is 1. The Morgan fingerprint density at radius 1 is 1.36 bits per heavy atom. The first kappa shape index (κ1) is 11.0. The minimum Gasteiger partial charge on any atom is -0.335 e. The number of nitrogens with zero attached hydrogens (tertiary/aromatic N) is 1. The van der Waals surface area contributed by atoms with Crippen molar-refractivity contribution in [2.75, 3.05) is 0 Å². The molecule has 0 aliphatic heterocycles. The van der Waals surface area contributed by atoms with Crippen LogP contribution < -0.4 is 0 Å². The van der Waals surface area contributed by atoms with Gasteiger partial charge in [0.25, 0.3) is 6.43 Å². The highest BCUT2D eigenvalue weighted by Gasteiger charge is 2.34. The van der Waals surface area contributed by atoms with Crippen LogP contribution in [0.4, 0.5) is 22.0 Å². The van der Waals surface area contributed by atoms with E-state index < -0.39 is 28.8 Å². The van der Waals surface area contributed by atoms with Gasteiger partial charge in [0.15, 0.2) is 0 Å². The molecule has 14 heavy (non-hydrogen) atoms. The van der Waals surface area contributed by atoms with Crippen LogP contribution in [0.5, 0.6) is 0 Å². The van der Waals surface area contributed by atoms with E-state index >= 15 is 0 Å². The highest BCUT2D eigenvalue weighted by molar-refractivity contribution is 7.71. The summed E-state index contributed by atoms with van der Waals surface area (Å²) in [4.78, 5) is 4.36. The first-order valence-electron chi connectivity index (χ1n) is 3.27. The number of nitrogens with one attached hydrogen (secondary N) is 1. The minimum atomic E-state index is -4.81. The summed E-state index contributed by atoms with van der Waals surface area (Å²) < 4.78 is 59.6. The third-order valence-electron chi connectivity index (χ3n) is 1.27. The van der Waals surface area contributed by atoms with Crippen LogP contribution in [0.2, 0.25) is 0 Å². The monoisotopic (exact) mass is 230 g/mol. The van der Waals surface area contributed by atoms with E-state index in [4.69, 9.17) is 0 Å². The molecular formula is C6H3F5N2S. The number of alkyl halides is 5. The number of hydrogen-bond acceptors (Lipinski definition) is 2. The Morgan fingerprint density at radius 2 is 1.93 bits per heavy atom. The number of hydrogen-bond donors (Lipinski definition) is 1. The quantitative estimate of drug-likeness (QED) is 0.593. The number of halogens is 5. The minimum absolute atomic E-state index is 0.522. The van der Waals surface area contributed by atoms with E-state index in [0.29, 0.717) is 6.07 Å². The molecule has 78 valence electrons. The van der Waals surface area contributed by atoms with Crippen molar-refractivity contribution in [2.24, 2.45) is 0 Å². The summed E-state index contributed by atoms with van der Waals surface area (Å²) in [5.74, 6) is -1.51. The molecule has 1 heterocycles.